The van der Waals surface area contributed by atoms with Crippen LogP contribution in [0.5, 0.6) is 11.6 Å². The van der Waals surface area contributed by atoms with Crippen molar-refractivity contribution in [1.82, 2.24) is 15.0 Å². The number of nitro groups is 1. The molecule has 0 aliphatic heterocycles. The monoisotopic (exact) mass is 342 g/mol. The first-order chi connectivity index (χ1) is 12.0. The SMILES string of the molecule is CCOC(=O)c1c(C)[nH]c2ccc(Oc3ncncc3[N+](=O)[O-])cc12. The molecule has 3 aromatic rings. The van der Waals surface area contributed by atoms with Gasteiger partial charge in [0.25, 0.3) is 0 Å². The Labute approximate surface area is 141 Å². The number of ether oxygens (including phenoxy) is 2. The van der Waals surface area contributed by atoms with Crippen LogP contribution in [0.4, 0.5) is 5.69 Å². The highest BCUT2D eigenvalue weighted by molar-refractivity contribution is 6.05. The summed E-state index contributed by atoms with van der Waals surface area (Å²) in [6.45, 7) is 3.75. The second kappa shape index (κ2) is 6.56. The zero-order chi connectivity index (χ0) is 18.0. The number of aromatic amines is 1. The molecule has 0 unspecified atom stereocenters. The number of fused-ring (bicyclic) bond motifs is 1. The van der Waals surface area contributed by atoms with E-state index in [9.17, 15) is 14.9 Å². The maximum Gasteiger partial charge on any atom is 0.349 e. The molecule has 0 amide bonds. The molecule has 2 heterocycles. The number of hydrogen-bond acceptors (Lipinski definition) is 7. The molecule has 9 nitrogen and oxygen atoms in total. The smallest absolute Gasteiger partial charge is 0.349 e. The molecule has 0 bridgehead atoms. The van der Waals surface area contributed by atoms with Crippen molar-refractivity contribution in [1.29, 1.82) is 0 Å². The maximum atomic E-state index is 12.2. The van der Waals surface area contributed by atoms with E-state index in [-0.39, 0.29) is 18.2 Å². The van der Waals surface area contributed by atoms with Gasteiger partial charge in [0.05, 0.1) is 17.1 Å². The van der Waals surface area contributed by atoms with E-state index in [4.69, 9.17) is 9.47 Å². The quantitative estimate of drug-likeness (QED) is 0.429. The number of benzene rings is 1. The van der Waals surface area contributed by atoms with E-state index in [0.717, 1.165) is 18.0 Å². The lowest BCUT2D eigenvalue weighted by atomic mass is 10.1. The molecule has 1 aromatic carbocycles. The molecule has 1 N–H and O–H groups in total. The standard InChI is InChI=1S/C16H14N4O5/c1-3-24-16(21)14-9(2)19-12-5-4-10(6-11(12)14)25-15-13(20(22)23)7-17-8-18-15/h4-8,19H,3H2,1-2H3. The molecule has 2 aromatic heterocycles. The minimum absolute atomic E-state index is 0.177. The molecule has 25 heavy (non-hydrogen) atoms. The third kappa shape index (κ3) is 3.11. The number of carbonyl (C=O) groups is 1. The maximum absolute atomic E-state index is 12.2. The number of rotatable bonds is 5. The highest BCUT2D eigenvalue weighted by Crippen LogP contribution is 2.32. The summed E-state index contributed by atoms with van der Waals surface area (Å²) in [5, 5.41) is 11.6. The summed E-state index contributed by atoms with van der Waals surface area (Å²) in [7, 11) is 0. The number of aryl methyl sites for hydroxylation is 1. The van der Waals surface area contributed by atoms with Crippen molar-refractivity contribution >= 4 is 22.6 Å². The average Bonchev–Trinajstić information content (AvgIpc) is 2.90. The van der Waals surface area contributed by atoms with Crippen LogP contribution in [-0.4, -0.2) is 32.5 Å². The number of carbonyl (C=O) groups excluding carboxylic acids is 1. The predicted molar refractivity (Wildman–Crippen MR) is 87.8 cm³/mol. The van der Waals surface area contributed by atoms with E-state index < -0.39 is 10.9 Å². The fourth-order valence-electron chi connectivity index (χ4n) is 2.46. The summed E-state index contributed by atoms with van der Waals surface area (Å²) in [4.78, 5) is 33.1. The average molecular weight is 342 g/mol. The topological polar surface area (TPSA) is 120 Å². The lowest BCUT2D eigenvalue weighted by Gasteiger charge is -2.06. The molecule has 3 rings (SSSR count). The largest absolute Gasteiger partial charge is 0.462 e. The van der Waals surface area contributed by atoms with E-state index >= 15 is 0 Å². The molecule has 0 saturated carbocycles. The van der Waals surface area contributed by atoms with Crippen molar-refractivity contribution in [3.05, 3.63) is 52.1 Å². The van der Waals surface area contributed by atoms with Crippen molar-refractivity contribution in [2.75, 3.05) is 6.61 Å². The van der Waals surface area contributed by atoms with Gasteiger partial charge in [0.15, 0.2) is 0 Å². The Morgan fingerprint density at radius 2 is 2.20 bits per heavy atom. The Hall–Kier alpha value is -3.49. The second-order valence-corrected chi connectivity index (χ2v) is 5.13. The van der Waals surface area contributed by atoms with Crippen LogP contribution >= 0.6 is 0 Å². The third-order valence-corrected chi connectivity index (χ3v) is 3.51. The summed E-state index contributed by atoms with van der Waals surface area (Å²) >= 11 is 0. The van der Waals surface area contributed by atoms with E-state index in [1.165, 1.54) is 0 Å². The Morgan fingerprint density at radius 3 is 2.92 bits per heavy atom. The number of nitrogens with zero attached hydrogens (tertiary/aromatic N) is 3. The van der Waals surface area contributed by atoms with Crippen molar-refractivity contribution in [2.45, 2.75) is 13.8 Å². The second-order valence-electron chi connectivity index (χ2n) is 5.13. The van der Waals surface area contributed by atoms with Gasteiger partial charge >= 0.3 is 17.5 Å². The summed E-state index contributed by atoms with van der Waals surface area (Å²) < 4.78 is 10.6. The van der Waals surface area contributed by atoms with Crippen LogP contribution in [-0.2, 0) is 4.74 Å². The van der Waals surface area contributed by atoms with Crippen molar-refractivity contribution < 1.29 is 19.2 Å². The molecule has 0 spiro atoms. The molecule has 9 heteroatoms. The summed E-state index contributed by atoms with van der Waals surface area (Å²) in [6, 6.07) is 4.95. The molecular formula is C16H14N4O5. The van der Waals surface area contributed by atoms with Crippen LogP contribution in [0.2, 0.25) is 0 Å². The fraction of sp³-hybridized carbons (Fsp3) is 0.188. The Morgan fingerprint density at radius 1 is 1.40 bits per heavy atom. The third-order valence-electron chi connectivity index (χ3n) is 3.51. The zero-order valence-corrected chi connectivity index (χ0v) is 13.5. The Bertz CT molecular complexity index is 966. The van der Waals surface area contributed by atoms with Gasteiger partial charge in [-0.25, -0.2) is 9.78 Å². The number of H-pyrrole nitrogens is 1. The fourth-order valence-corrected chi connectivity index (χ4v) is 2.46. The lowest BCUT2D eigenvalue weighted by Crippen LogP contribution is -2.05. The molecule has 0 fully saturated rings. The van der Waals surface area contributed by atoms with Gasteiger partial charge in [-0.05, 0) is 32.0 Å². The molecule has 0 saturated heterocycles. The highest BCUT2D eigenvalue weighted by atomic mass is 16.6. The van der Waals surface area contributed by atoms with E-state index in [0.29, 0.717) is 22.4 Å². The summed E-state index contributed by atoms with van der Waals surface area (Å²) in [5.74, 6) is -0.320. The minimum atomic E-state index is -0.627. The van der Waals surface area contributed by atoms with Crippen LogP contribution in [0, 0.1) is 17.0 Å². The first kappa shape index (κ1) is 16.4. The van der Waals surface area contributed by atoms with Gasteiger partial charge in [0.1, 0.15) is 18.3 Å². The van der Waals surface area contributed by atoms with Gasteiger partial charge < -0.3 is 14.5 Å². The van der Waals surface area contributed by atoms with Crippen LogP contribution in [0.1, 0.15) is 23.0 Å². The summed E-state index contributed by atoms with van der Waals surface area (Å²) in [5.41, 5.74) is 1.45. The minimum Gasteiger partial charge on any atom is -0.462 e. The molecular weight excluding hydrogens is 328 g/mol. The van der Waals surface area contributed by atoms with E-state index in [1.807, 2.05) is 0 Å². The first-order valence-electron chi connectivity index (χ1n) is 7.43. The van der Waals surface area contributed by atoms with Crippen molar-refractivity contribution in [3.63, 3.8) is 0 Å². The van der Waals surface area contributed by atoms with E-state index in [2.05, 4.69) is 15.0 Å². The molecule has 0 radical (unpaired) electrons. The van der Waals surface area contributed by atoms with Gasteiger partial charge in [-0.3, -0.25) is 10.1 Å². The zero-order valence-electron chi connectivity index (χ0n) is 13.5. The van der Waals surface area contributed by atoms with Gasteiger partial charge in [0.2, 0.25) is 0 Å². The predicted octanol–water partition coefficient (Wildman–Crippen LogP) is 3.14. The summed E-state index contributed by atoms with van der Waals surface area (Å²) in [6.07, 6.45) is 2.22. The van der Waals surface area contributed by atoms with E-state index in [1.54, 1.807) is 32.0 Å². The normalized spacial score (nSPS) is 10.6. The highest BCUT2D eigenvalue weighted by Gasteiger charge is 2.20. The van der Waals surface area contributed by atoms with Crippen molar-refractivity contribution in [3.8, 4) is 11.6 Å². The van der Waals surface area contributed by atoms with Gasteiger partial charge in [-0.1, -0.05) is 0 Å². The van der Waals surface area contributed by atoms with Crippen LogP contribution in [0.25, 0.3) is 10.9 Å². The Balaban J connectivity index is 2.03. The molecule has 128 valence electrons. The van der Waals surface area contributed by atoms with Crippen LogP contribution in [0.15, 0.2) is 30.7 Å². The van der Waals surface area contributed by atoms with Crippen molar-refractivity contribution in [2.24, 2.45) is 0 Å². The number of aromatic nitrogens is 3. The first-order valence-corrected chi connectivity index (χ1v) is 7.43. The number of nitrogens with one attached hydrogen (secondary N) is 1. The van der Waals surface area contributed by atoms with Crippen LogP contribution < -0.4 is 4.74 Å². The molecule has 0 aliphatic rings. The van der Waals surface area contributed by atoms with Crippen LogP contribution in [0.3, 0.4) is 0 Å². The Kier molecular flexibility index (Phi) is 4.29. The number of esters is 1. The van der Waals surface area contributed by atoms with Gasteiger partial charge in [-0.15, -0.1) is 0 Å². The lowest BCUT2D eigenvalue weighted by molar-refractivity contribution is -0.386. The molecule has 0 atom stereocenters. The molecule has 0 aliphatic carbocycles. The number of hydrogen-bond donors (Lipinski definition) is 1. The van der Waals surface area contributed by atoms with Gasteiger partial charge in [0, 0.05) is 16.6 Å². The van der Waals surface area contributed by atoms with Gasteiger partial charge in [-0.2, -0.15) is 4.98 Å².